The summed E-state index contributed by atoms with van der Waals surface area (Å²) in [5.41, 5.74) is -1.18. The Morgan fingerprint density at radius 1 is 1.08 bits per heavy atom. The molecule has 0 bridgehead atoms. The van der Waals surface area contributed by atoms with Gasteiger partial charge in [0.2, 0.25) is 17.7 Å². The van der Waals surface area contributed by atoms with Crippen molar-refractivity contribution >= 4 is 23.8 Å². The van der Waals surface area contributed by atoms with E-state index in [0.29, 0.717) is 19.4 Å². The van der Waals surface area contributed by atoms with Crippen LogP contribution in [0.25, 0.3) is 0 Å². The van der Waals surface area contributed by atoms with E-state index in [1.165, 1.54) is 7.05 Å². The molecule has 136 valence electrons. The van der Waals surface area contributed by atoms with E-state index in [9.17, 15) is 19.2 Å². The van der Waals surface area contributed by atoms with Gasteiger partial charge in [0.1, 0.15) is 12.0 Å². The van der Waals surface area contributed by atoms with Crippen molar-refractivity contribution < 1.29 is 19.2 Å². The van der Waals surface area contributed by atoms with Gasteiger partial charge in [-0.25, -0.2) is 4.79 Å². The average Bonchev–Trinajstić information content (AvgIpc) is 2.50. The lowest BCUT2D eigenvalue weighted by atomic mass is 9.78. The van der Waals surface area contributed by atoms with Gasteiger partial charge in [0, 0.05) is 13.6 Å². The second-order valence-electron chi connectivity index (χ2n) is 7.49. The Morgan fingerprint density at radius 3 is 2.08 bits per heavy atom. The van der Waals surface area contributed by atoms with Crippen molar-refractivity contribution in [2.75, 3.05) is 20.1 Å². The monoisotopic (exact) mass is 339 g/mol. The normalized spacial score (nSPS) is 18.2. The first kappa shape index (κ1) is 20.1. The maximum absolute atomic E-state index is 12.7. The van der Waals surface area contributed by atoms with Gasteiger partial charge in [0.25, 0.3) is 0 Å². The minimum atomic E-state index is -1.26. The van der Waals surface area contributed by atoms with Gasteiger partial charge in [0.15, 0.2) is 0 Å². The predicted molar refractivity (Wildman–Crippen MR) is 90.0 cm³/mol. The maximum Gasteiger partial charge on any atom is 0.333 e. The van der Waals surface area contributed by atoms with Crippen molar-refractivity contribution in [3.63, 3.8) is 0 Å². The third-order valence-corrected chi connectivity index (χ3v) is 4.59. The van der Waals surface area contributed by atoms with E-state index >= 15 is 0 Å². The fraction of sp³-hybridized carbons (Fsp3) is 0.765. The van der Waals surface area contributed by atoms with Crippen LogP contribution in [0.1, 0.15) is 53.9 Å². The van der Waals surface area contributed by atoms with Crippen molar-refractivity contribution in [2.45, 2.75) is 53.9 Å². The van der Waals surface area contributed by atoms with Gasteiger partial charge < -0.3 is 5.32 Å². The number of rotatable bonds is 6. The Balaban J connectivity index is 2.86. The quantitative estimate of drug-likeness (QED) is 0.747. The number of urea groups is 1. The van der Waals surface area contributed by atoms with Crippen LogP contribution >= 0.6 is 0 Å². The number of hydrogen-bond acceptors (Lipinski definition) is 4. The topological polar surface area (TPSA) is 86.8 Å². The van der Waals surface area contributed by atoms with Crippen molar-refractivity contribution in [1.82, 2.24) is 15.1 Å². The molecule has 0 unspecified atom stereocenters. The highest BCUT2D eigenvalue weighted by Gasteiger charge is 2.54. The Morgan fingerprint density at radius 2 is 1.62 bits per heavy atom. The fourth-order valence-corrected chi connectivity index (χ4v) is 2.80. The maximum atomic E-state index is 12.7. The van der Waals surface area contributed by atoms with Crippen LogP contribution in [0, 0.1) is 10.8 Å². The summed E-state index contributed by atoms with van der Waals surface area (Å²) in [5.74, 6) is -1.47. The minimum absolute atomic E-state index is 0.0796. The molecular formula is C17H29N3O4. The third kappa shape index (κ3) is 3.94. The molecule has 0 aromatic carbocycles. The molecule has 0 aromatic heterocycles. The van der Waals surface area contributed by atoms with Crippen LogP contribution in [0.4, 0.5) is 4.79 Å². The fourth-order valence-electron chi connectivity index (χ4n) is 2.80. The first-order valence-electron chi connectivity index (χ1n) is 8.41. The van der Waals surface area contributed by atoms with Gasteiger partial charge >= 0.3 is 6.03 Å². The van der Waals surface area contributed by atoms with E-state index in [-0.39, 0.29) is 12.0 Å². The Bertz CT molecular complexity index is 532. The Hall–Kier alpha value is -1.92. The zero-order valence-corrected chi connectivity index (χ0v) is 15.6. The van der Waals surface area contributed by atoms with Crippen LogP contribution in [-0.4, -0.2) is 53.7 Å². The van der Waals surface area contributed by atoms with Crippen LogP contribution < -0.4 is 5.32 Å². The molecule has 1 N–H and O–H groups in total. The molecule has 1 saturated heterocycles. The summed E-state index contributed by atoms with van der Waals surface area (Å²) >= 11 is 0. The Labute approximate surface area is 143 Å². The van der Waals surface area contributed by atoms with E-state index in [1.54, 1.807) is 13.8 Å². The molecule has 7 heteroatoms. The van der Waals surface area contributed by atoms with Crippen LogP contribution in [-0.2, 0) is 14.4 Å². The molecule has 0 aliphatic carbocycles. The Kier molecular flexibility index (Phi) is 6.14. The highest BCUT2D eigenvalue weighted by Crippen LogP contribution is 2.35. The molecule has 0 atom stereocenters. The van der Waals surface area contributed by atoms with Crippen molar-refractivity contribution in [3.8, 4) is 0 Å². The first-order valence-corrected chi connectivity index (χ1v) is 8.41. The van der Waals surface area contributed by atoms with Gasteiger partial charge in [0.05, 0.1) is 0 Å². The van der Waals surface area contributed by atoms with Gasteiger partial charge in [-0.15, -0.1) is 0 Å². The molecule has 1 rings (SSSR count). The smallest absolute Gasteiger partial charge is 0.333 e. The number of nitrogens with zero attached hydrogens (tertiary/aromatic N) is 2. The number of nitrogens with one attached hydrogen (secondary N) is 1. The number of carbonyl (C=O) groups is 4. The largest absolute Gasteiger partial charge is 0.355 e. The molecule has 0 spiro atoms. The molecule has 1 aliphatic rings. The van der Waals surface area contributed by atoms with E-state index in [1.807, 2.05) is 0 Å². The summed E-state index contributed by atoms with van der Waals surface area (Å²) < 4.78 is 0. The summed E-state index contributed by atoms with van der Waals surface area (Å²) in [7, 11) is 1.35. The standard InChI is InChI=1S/C17H29N3O4/c1-7-17(8-2)13(22)19(6)15(24)20(14(17)23)11-12(21)18-10-9-16(3,4)5/h7-11H2,1-6H3,(H,18,21). The van der Waals surface area contributed by atoms with E-state index in [4.69, 9.17) is 0 Å². The summed E-state index contributed by atoms with van der Waals surface area (Å²) in [6, 6.07) is -0.742. The first-order chi connectivity index (χ1) is 11.0. The highest BCUT2D eigenvalue weighted by molar-refractivity contribution is 6.19. The minimum Gasteiger partial charge on any atom is -0.355 e. The van der Waals surface area contributed by atoms with Crippen LogP contribution in [0.5, 0.6) is 0 Å². The lowest BCUT2D eigenvalue weighted by Gasteiger charge is -2.41. The molecule has 7 nitrogen and oxygen atoms in total. The molecule has 1 aliphatic heterocycles. The second kappa shape index (κ2) is 7.32. The predicted octanol–water partition coefficient (Wildman–Crippen LogP) is 1.77. The number of carbonyl (C=O) groups excluding carboxylic acids is 4. The molecular weight excluding hydrogens is 310 g/mol. The summed E-state index contributed by atoms with van der Waals surface area (Å²) in [6.07, 6.45) is 1.37. The van der Waals surface area contributed by atoms with Gasteiger partial charge in [-0.3, -0.25) is 24.2 Å². The second-order valence-corrected chi connectivity index (χ2v) is 7.49. The molecule has 1 heterocycles. The molecule has 0 radical (unpaired) electrons. The van der Waals surface area contributed by atoms with Gasteiger partial charge in [-0.2, -0.15) is 0 Å². The zero-order valence-electron chi connectivity index (χ0n) is 15.6. The molecule has 5 amide bonds. The van der Waals surface area contributed by atoms with Crippen LogP contribution in [0.2, 0.25) is 0 Å². The lowest BCUT2D eigenvalue weighted by Crippen LogP contribution is -2.65. The number of imide groups is 2. The van der Waals surface area contributed by atoms with E-state index in [0.717, 1.165) is 16.2 Å². The number of amides is 5. The summed E-state index contributed by atoms with van der Waals surface area (Å²) in [5, 5.41) is 2.73. The molecule has 24 heavy (non-hydrogen) atoms. The average molecular weight is 339 g/mol. The number of barbiturate groups is 1. The van der Waals surface area contributed by atoms with Crippen molar-refractivity contribution in [1.29, 1.82) is 0 Å². The summed E-state index contributed by atoms with van der Waals surface area (Å²) in [4.78, 5) is 51.3. The van der Waals surface area contributed by atoms with Crippen molar-refractivity contribution in [2.24, 2.45) is 10.8 Å². The van der Waals surface area contributed by atoms with E-state index < -0.39 is 29.2 Å². The molecule has 0 saturated carbocycles. The SMILES string of the molecule is CCC1(CC)C(=O)N(C)C(=O)N(CC(=O)NCCC(C)(C)C)C1=O. The number of hydrogen-bond donors (Lipinski definition) is 1. The lowest BCUT2D eigenvalue weighted by molar-refractivity contribution is -0.159. The van der Waals surface area contributed by atoms with Gasteiger partial charge in [-0.1, -0.05) is 34.6 Å². The molecule has 0 aromatic rings. The van der Waals surface area contributed by atoms with E-state index in [2.05, 4.69) is 26.1 Å². The molecule has 1 fully saturated rings. The van der Waals surface area contributed by atoms with Crippen LogP contribution in [0.15, 0.2) is 0 Å². The van der Waals surface area contributed by atoms with Crippen molar-refractivity contribution in [3.05, 3.63) is 0 Å². The zero-order chi connectivity index (χ0) is 18.7. The third-order valence-electron chi connectivity index (χ3n) is 4.59. The highest BCUT2D eigenvalue weighted by atomic mass is 16.2. The van der Waals surface area contributed by atoms with Crippen LogP contribution in [0.3, 0.4) is 0 Å². The summed E-state index contributed by atoms with van der Waals surface area (Å²) in [6.45, 7) is 9.78. The van der Waals surface area contributed by atoms with Gasteiger partial charge in [-0.05, 0) is 24.7 Å².